The normalized spacial score (nSPS) is 41.4. The van der Waals surface area contributed by atoms with Crippen molar-refractivity contribution in [3.05, 3.63) is 29.8 Å². The minimum Gasteiger partial charge on any atom is -0.458 e. The molecule has 0 N–H and O–H groups in total. The summed E-state index contributed by atoms with van der Waals surface area (Å²) in [6, 6.07) is 6.37. The van der Waals surface area contributed by atoms with Crippen molar-refractivity contribution in [2.45, 2.75) is 121 Å². The summed E-state index contributed by atoms with van der Waals surface area (Å²) in [7, 11) is -4.23. The van der Waals surface area contributed by atoms with Crippen molar-refractivity contribution >= 4 is 22.1 Å². The van der Waals surface area contributed by atoms with E-state index in [1.165, 1.54) is 31.9 Å². The molecule has 44 heavy (non-hydrogen) atoms. The SMILES string of the molecule is CCC1(OC(=O)C(C)(COS(=O)(=O)c2ccc(C)cc2)C(=O)OC2(CC)C3CC4CC(C3)CC2C4)C2CC3CC(C2)CC1C3. The van der Waals surface area contributed by atoms with E-state index in [1.807, 2.05) is 6.92 Å². The molecule has 7 nitrogen and oxygen atoms in total. The Labute approximate surface area is 263 Å². The van der Waals surface area contributed by atoms with Gasteiger partial charge in [0, 0.05) is 0 Å². The van der Waals surface area contributed by atoms with Gasteiger partial charge in [0.25, 0.3) is 10.1 Å². The second-order valence-corrected chi connectivity index (χ2v) is 17.5. The van der Waals surface area contributed by atoms with E-state index in [0.717, 1.165) is 56.9 Å². The van der Waals surface area contributed by atoms with Crippen LogP contribution in [0, 0.1) is 59.7 Å². The van der Waals surface area contributed by atoms with Gasteiger partial charge in [0.05, 0.1) is 11.5 Å². The highest BCUT2D eigenvalue weighted by Gasteiger charge is 2.63. The molecule has 8 heteroatoms. The third-order valence-electron chi connectivity index (χ3n) is 13.4. The molecule has 0 heterocycles. The summed E-state index contributed by atoms with van der Waals surface area (Å²) in [6.07, 6.45) is 12.4. The number of rotatable bonds is 10. The van der Waals surface area contributed by atoms with Gasteiger partial charge in [-0.1, -0.05) is 31.5 Å². The molecule has 0 atom stereocenters. The van der Waals surface area contributed by atoms with Crippen LogP contribution in [0.2, 0.25) is 0 Å². The lowest BCUT2D eigenvalue weighted by molar-refractivity contribution is -0.234. The first kappa shape index (κ1) is 30.7. The standard InChI is InChI=1S/C36H50O7S/c1-5-35(27-13-23-11-24(15-27)16-28(35)14-23)42-32(37)34(4,21-41-44(39,40)31-9-7-22(3)8-10-31)33(38)43-36(6-2)29-17-25-12-26(19-29)20-30(36)18-25/h7-10,23-30H,5-6,11-21H2,1-4H3. The van der Waals surface area contributed by atoms with Crippen molar-refractivity contribution < 1.29 is 31.7 Å². The molecule has 8 saturated carbocycles. The fourth-order valence-electron chi connectivity index (χ4n) is 11.3. The van der Waals surface area contributed by atoms with Crippen LogP contribution in [0.5, 0.6) is 0 Å². The number of aryl methyl sites for hydroxylation is 1. The van der Waals surface area contributed by atoms with Crippen LogP contribution in [0.25, 0.3) is 0 Å². The number of esters is 2. The number of carbonyl (C=O) groups is 2. The summed E-state index contributed by atoms with van der Waals surface area (Å²) in [5.74, 6) is 2.46. The Bertz CT molecular complexity index is 1280. The van der Waals surface area contributed by atoms with Crippen LogP contribution in [-0.2, 0) is 33.4 Å². The summed E-state index contributed by atoms with van der Waals surface area (Å²) in [5.41, 5.74) is -2.27. The molecule has 0 unspecified atom stereocenters. The van der Waals surface area contributed by atoms with Crippen molar-refractivity contribution in [2.75, 3.05) is 6.61 Å². The van der Waals surface area contributed by atoms with Crippen LogP contribution in [0.15, 0.2) is 29.2 Å². The van der Waals surface area contributed by atoms with Gasteiger partial charge >= 0.3 is 11.9 Å². The van der Waals surface area contributed by atoms with Gasteiger partial charge in [0.1, 0.15) is 11.2 Å². The van der Waals surface area contributed by atoms with Crippen molar-refractivity contribution in [3.8, 4) is 0 Å². The minimum absolute atomic E-state index is 0.00989. The van der Waals surface area contributed by atoms with E-state index in [1.54, 1.807) is 12.1 Å². The van der Waals surface area contributed by atoms with Gasteiger partial charge in [-0.05, 0) is 150 Å². The van der Waals surface area contributed by atoms with Gasteiger partial charge in [0.15, 0.2) is 5.41 Å². The van der Waals surface area contributed by atoms with Gasteiger partial charge < -0.3 is 9.47 Å². The maximum Gasteiger partial charge on any atom is 0.326 e. The topological polar surface area (TPSA) is 96.0 Å². The zero-order chi connectivity index (χ0) is 31.1. The quantitative estimate of drug-likeness (QED) is 0.157. The average molecular weight is 627 g/mol. The van der Waals surface area contributed by atoms with Gasteiger partial charge in [0.2, 0.25) is 0 Å². The zero-order valence-corrected chi connectivity index (χ0v) is 27.7. The molecule has 0 saturated heterocycles. The Hall–Kier alpha value is -1.93. The second-order valence-electron chi connectivity index (χ2n) is 15.9. The van der Waals surface area contributed by atoms with Gasteiger partial charge in [-0.25, -0.2) is 0 Å². The molecule has 0 aromatic heterocycles. The maximum atomic E-state index is 14.5. The molecule has 0 spiro atoms. The molecule has 9 rings (SSSR count). The molecule has 1 aromatic carbocycles. The van der Waals surface area contributed by atoms with Crippen molar-refractivity contribution in [3.63, 3.8) is 0 Å². The van der Waals surface area contributed by atoms with E-state index in [4.69, 9.17) is 13.7 Å². The molecule has 8 fully saturated rings. The molecule has 8 aliphatic carbocycles. The number of ether oxygens (including phenoxy) is 2. The molecule has 0 aliphatic heterocycles. The number of hydrogen-bond acceptors (Lipinski definition) is 7. The fourth-order valence-corrected chi connectivity index (χ4v) is 12.3. The van der Waals surface area contributed by atoms with E-state index in [2.05, 4.69) is 13.8 Å². The molecule has 8 aliphatic rings. The number of hydrogen-bond donors (Lipinski definition) is 0. The van der Waals surface area contributed by atoms with E-state index >= 15 is 0 Å². The summed E-state index contributed by atoms with van der Waals surface area (Å²) >= 11 is 0. The lowest BCUT2D eigenvalue weighted by Gasteiger charge is -2.61. The predicted octanol–water partition coefficient (Wildman–Crippen LogP) is 7.00. The van der Waals surface area contributed by atoms with Crippen LogP contribution in [-0.4, -0.2) is 38.2 Å². The molecule has 1 aromatic rings. The average Bonchev–Trinajstić information content (AvgIpc) is 2.99. The summed E-state index contributed by atoms with van der Waals surface area (Å²) in [4.78, 5) is 29.0. The highest BCUT2D eigenvalue weighted by Crippen LogP contribution is 2.62. The lowest BCUT2D eigenvalue weighted by Crippen LogP contribution is -2.63. The highest BCUT2D eigenvalue weighted by molar-refractivity contribution is 7.86. The van der Waals surface area contributed by atoms with E-state index in [9.17, 15) is 18.0 Å². The highest BCUT2D eigenvalue weighted by atomic mass is 32.2. The Kier molecular flexibility index (Phi) is 7.55. The van der Waals surface area contributed by atoms with Gasteiger partial charge in [-0.3, -0.25) is 13.8 Å². The van der Waals surface area contributed by atoms with E-state index in [0.29, 0.717) is 36.5 Å². The van der Waals surface area contributed by atoms with Crippen molar-refractivity contribution in [1.82, 2.24) is 0 Å². The van der Waals surface area contributed by atoms with E-state index < -0.39 is 45.3 Å². The summed E-state index contributed by atoms with van der Waals surface area (Å²) in [6.45, 7) is 6.89. The van der Waals surface area contributed by atoms with Crippen LogP contribution < -0.4 is 0 Å². The number of benzene rings is 1. The molecule has 0 radical (unpaired) electrons. The van der Waals surface area contributed by atoms with Gasteiger partial charge in [-0.2, -0.15) is 8.42 Å². The first-order chi connectivity index (χ1) is 20.9. The smallest absolute Gasteiger partial charge is 0.326 e. The monoisotopic (exact) mass is 626 g/mol. The van der Waals surface area contributed by atoms with Crippen LogP contribution >= 0.6 is 0 Å². The van der Waals surface area contributed by atoms with Crippen molar-refractivity contribution in [2.24, 2.45) is 52.8 Å². The molecule has 242 valence electrons. The zero-order valence-electron chi connectivity index (χ0n) is 26.9. The third-order valence-corrected chi connectivity index (χ3v) is 14.7. The first-order valence-electron chi connectivity index (χ1n) is 17.3. The second kappa shape index (κ2) is 10.8. The summed E-state index contributed by atoms with van der Waals surface area (Å²) in [5, 5.41) is 0. The Morgan fingerprint density at radius 1 is 0.705 bits per heavy atom. The van der Waals surface area contributed by atoms with Crippen molar-refractivity contribution in [1.29, 1.82) is 0 Å². The molecular weight excluding hydrogens is 576 g/mol. The Balaban J connectivity index is 1.19. The lowest BCUT2D eigenvalue weighted by atomic mass is 9.49. The predicted molar refractivity (Wildman–Crippen MR) is 165 cm³/mol. The molecule has 0 amide bonds. The van der Waals surface area contributed by atoms with Crippen LogP contribution in [0.4, 0.5) is 0 Å². The third kappa shape index (κ3) is 4.78. The molecular formula is C36H50O7S. The largest absolute Gasteiger partial charge is 0.458 e. The van der Waals surface area contributed by atoms with Gasteiger partial charge in [-0.15, -0.1) is 0 Å². The Morgan fingerprint density at radius 3 is 1.41 bits per heavy atom. The fraction of sp³-hybridized carbons (Fsp3) is 0.778. The minimum atomic E-state index is -4.23. The first-order valence-corrected chi connectivity index (χ1v) is 18.7. The van der Waals surface area contributed by atoms with Crippen LogP contribution in [0.3, 0.4) is 0 Å². The van der Waals surface area contributed by atoms with Crippen LogP contribution in [0.1, 0.15) is 103 Å². The Morgan fingerprint density at radius 2 is 1.07 bits per heavy atom. The maximum absolute atomic E-state index is 14.5. The molecule has 8 bridgehead atoms. The number of carbonyl (C=O) groups excluding carboxylic acids is 2. The van der Waals surface area contributed by atoms with E-state index in [-0.39, 0.29) is 28.6 Å². The summed E-state index contributed by atoms with van der Waals surface area (Å²) < 4.78 is 45.4.